The Hall–Kier alpha value is -2.91. The third-order valence-corrected chi connectivity index (χ3v) is 5.76. The molecule has 1 aliphatic rings. The Bertz CT molecular complexity index is 979. The maximum atomic E-state index is 12.9. The highest BCUT2D eigenvalue weighted by atomic mass is 35.5. The predicted octanol–water partition coefficient (Wildman–Crippen LogP) is 2.92. The van der Waals surface area contributed by atoms with Crippen molar-refractivity contribution in [3.63, 3.8) is 0 Å². The second-order valence-electron chi connectivity index (χ2n) is 8.19. The Balaban J connectivity index is 1.63. The minimum atomic E-state index is -0.451. The predicted molar refractivity (Wildman–Crippen MR) is 126 cm³/mol. The number of benzene rings is 1. The first-order valence-corrected chi connectivity index (χ1v) is 11.5. The summed E-state index contributed by atoms with van der Waals surface area (Å²) in [5.41, 5.74) is 0.913. The molecular weight excluding hydrogens is 446 g/mol. The van der Waals surface area contributed by atoms with Crippen LogP contribution in [0.5, 0.6) is 0 Å². The molecule has 3 amide bonds. The highest BCUT2D eigenvalue weighted by Gasteiger charge is 2.25. The molecule has 1 saturated heterocycles. The maximum absolute atomic E-state index is 12.9. The molecule has 2 atom stereocenters. The Morgan fingerprint density at radius 1 is 1.30 bits per heavy atom. The van der Waals surface area contributed by atoms with Crippen molar-refractivity contribution >= 4 is 35.0 Å². The topological polar surface area (TPSA) is 116 Å². The molecule has 2 aromatic rings. The van der Waals surface area contributed by atoms with Crippen molar-refractivity contribution in [2.24, 2.45) is 0 Å². The fourth-order valence-corrected chi connectivity index (χ4v) is 4.09. The van der Waals surface area contributed by atoms with Crippen LogP contribution in [-0.2, 0) is 9.53 Å². The SMILES string of the molecule is COCC(C)NC(=O)c1nc[nH]c1C(=O)N[C@@H]1CCCCN(c2cccc(Cl)c2)C(=O)CC1. The monoisotopic (exact) mass is 475 g/mol. The average Bonchev–Trinajstić information content (AvgIpc) is 3.29. The van der Waals surface area contributed by atoms with E-state index < -0.39 is 11.8 Å². The molecule has 1 unspecified atom stereocenters. The fraction of sp³-hybridized carbons (Fsp3) is 0.478. The summed E-state index contributed by atoms with van der Waals surface area (Å²) in [6, 6.07) is 6.85. The average molecular weight is 476 g/mol. The van der Waals surface area contributed by atoms with Crippen LogP contribution in [-0.4, -0.2) is 60.0 Å². The maximum Gasteiger partial charge on any atom is 0.272 e. The quantitative estimate of drug-likeness (QED) is 0.569. The van der Waals surface area contributed by atoms with E-state index in [1.807, 2.05) is 12.1 Å². The van der Waals surface area contributed by atoms with E-state index in [1.54, 1.807) is 31.1 Å². The number of nitrogens with zero attached hydrogens (tertiary/aromatic N) is 2. The molecule has 3 N–H and O–H groups in total. The largest absolute Gasteiger partial charge is 0.383 e. The fourth-order valence-electron chi connectivity index (χ4n) is 3.90. The zero-order valence-corrected chi connectivity index (χ0v) is 19.7. The molecule has 33 heavy (non-hydrogen) atoms. The van der Waals surface area contributed by atoms with Gasteiger partial charge in [-0.05, 0) is 50.8 Å². The van der Waals surface area contributed by atoms with Gasteiger partial charge in [0.05, 0.1) is 12.9 Å². The number of hydrogen-bond donors (Lipinski definition) is 3. The number of ether oxygens (including phenoxy) is 1. The normalized spacial score (nSPS) is 18.1. The van der Waals surface area contributed by atoms with Gasteiger partial charge in [0.2, 0.25) is 5.91 Å². The van der Waals surface area contributed by atoms with Gasteiger partial charge in [-0.1, -0.05) is 17.7 Å². The number of halogens is 1. The van der Waals surface area contributed by atoms with Gasteiger partial charge in [0.15, 0.2) is 5.69 Å². The summed E-state index contributed by atoms with van der Waals surface area (Å²) in [6.45, 7) is 2.75. The van der Waals surface area contributed by atoms with Gasteiger partial charge in [0, 0.05) is 42.9 Å². The van der Waals surface area contributed by atoms with Gasteiger partial charge in [-0.25, -0.2) is 4.98 Å². The molecule has 1 aromatic carbocycles. The second kappa shape index (κ2) is 11.8. The number of H-pyrrole nitrogens is 1. The molecule has 3 rings (SSSR count). The number of aromatic amines is 1. The van der Waals surface area contributed by atoms with Crippen LogP contribution in [0.15, 0.2) is 30.6 Å². The second-order valence-corrected chi connectivity index (χ2v) is 8.62. The summed E-state index contributed by atoms with van der Waals surface area (Å²) in [7, 11) is 1.55. The number of imidazole rings is 1. The van der Waals surface area contributed by atoms with Gasteiger partial charge in [-0.15, -0.1) is 0 Å². The number of carbonyl (C=O) groups is 3. The van der Waals surface area contributed by atoms with Crippen molar-refractivity contribution < 1.29 is 19.1 Å². The molecule has 0 bridgehead atoms. The number of nitrogens with one attached hydrogen (secondary N) is 3. The van der Waals surface area contributed by atoms with Crippen molar-refractivity contribution in [2.75, 3.05) is 25.2 Å². The molecule has 0 aliphatic carbocycles. The number of methoxy groups -OCH3 is 1. The molecule has 0 radical (unpaired) electrons. The summed E-state index contributed by atoms with van der Waals surface area (Å²) in [6.07, 6.45) is 4.51. The summed E-state index contributed by atoms with van der Waals surface area (Å²) in [5, 5.41) is 6.31. The van der Waals surface area contributed by atoms with Crippen LogP contribution in [0.4, 0.5) is 5.69 Å². The standard InChI is InChI=1S/C23H30ClN5O4/c1-15(13-33-2)27-22(31)20-21(26-14-25-20)23(32)28-17-7-3-4-11-29(19(30)10-9-17)18-8-5-6-16(24)12-18/h5-6,8,12,14-15,17H,3-4,7,9-11,13H2,1-2H3,(H,25,26)(H,27,31)(H,28,32)/t15?,17-/m1/s1. The van der Waals surface area contributed by atoms with Gasteiger partial charge in [-0.2, -0.15) is 0 Å². The minimum absolute atomic E-state index is 0.00727. The molecule has 0 spiro atoms. The lowest BCUT2D eigenvalue weighted by Gasteiger charge is -2.22. The smallest absolute Gasteiger partial charge is 0.272 e. The van der Waals surface area contributed by atoms with Crippen LogP contribution in [0, 0.1) is 0 Å². The number of hydrogen-bond acceptors (Lipinski definition) is 5. The van der Waals surface area contributed by atoms with Crippen LogP contribution in [0.3, 0.4) is 0 Å². The van der Waals surface area contributed by atoms with Gasteiger partial charge >= 0.3 is 0 Å². The Kier molecular flexibility index (Phi) is 8.85. The van der Waals surface area contributed by atoms with Crippen LogP contribution < -0.4 is 15.5 Å². The number of amides is 3. The number of aromatic nitrogens is 2. The molecule has 0 saturated carbocycles. The first-order valence-electron chi connectivity index (χ1n) is 11.1. The third kappa shape index (κ3) is 6.79. The van der Waals surface area contributed by atoms with Gasteiger partial charge in [0.1, 0.15) is 5.69 Å². The van der Waals surface area contributed by atoms with Crippen LogP contribution in [0.1, 0.15) is 60.0 Å². The number of rotatable bonds is 7. The Morgan fingerprint density at radius 3 is 2.88 bits per heavy atom. The lowest BCUT2D eigenvalue weighted by molar-refractivity contribution is -0.118. The highest BCUT2D eigenvalue weighted by Crippen LogP contribution is 2.23. The minimum Gasteiger partial charge on any atom is -0.383 e. The lowest BCUT2D eigenvalue weighted by atomic mass is 10.0. The summed E-state index contributed by atoms with van der Waals surface area (Å²) in [5.74, 6) is -0.875. The zero-order chi connectivity index (χ0) is 23.8. The molecule has 1 fully saturated rings. The number of anilines is 1. The van der Waals surface area contributed by atoms with Crippen molar-refractivity contribution in [3.05, 3.63) is 47.0 Å². The molecule has 1 aromatic heterocycles. The lowest BCUT2D eigenvalue weighted by Crippen LogP contribution is -2.39. The number of carbonyl (C=O) groups excluding carboxylic acids is 3. The molecule has 10 heteroatoms. The summed E-state index contributed by atoms with van der Waals surface area (Å²) < 4.78 is 5.02. The van der Waals surface area contributed by atoms with E-state index in [0.717, 1.165) is 24.9 Å². The van der Waals surface area contributed by atoms with Gasteiger partial charge in [0.25, 0.3) is 11.8 Å². The van der Waals surface area contributed by atoms with E-state index in [2.05, 4.69) is 20.6 Å². The molecule has 1 aliphatic heterocycles. The highest BCUT2D eigenvalue weighted by molar-refractivity contribution is 6.30. The first kappa shape index (κ1) is 24.7. The molecule has 2 heterocycles. The Labute approximate surface area is 198 Å². The van der Waals surface area contributed by atoms with Gasteiger partial charge < -0.3 is 25.3 Å². The zero-order valence-electron chi connectivity index (χ0n) is 18.9. The van der Waals surface area contributed by atoms with Crippen LogP contribution in [0.2, 0.25) is 5.02 Å². The van der Waals surface area contributed by atoms with Gasteiger partial charge in [-0.3, -0.25) is 14.4 Å². The van der Waals surface area contributed by atoms with E-state index >= 15 is 0 Å². The van der Waals surface area contributed by atoms with Crippen molar-refractivity contribution in [1.29, 1.82) is 0 Å². The van der Waals surface area contributed by atoms with Crippen molar-refractivity contribution in [2.45, 2.75) is 51.1 Å². The van der Waals surface area contributed by atoms with E-state index in [1.165, 1.54) is 6.33 Å². The van der Waals surface area contributed by atoms with Crippen LogP contribution >= 0.6 is 11.6 Å². The van der Waals surface area contributed by atoms with Crippen molar-refractivity contribution in [1.82, 2.24) is 20.6 Å². The Morgan fingerprint density at radius 2 is 2.12 bits per heavy atom. The first-order chi connectivity index (χ1) is 15.9. The van der Waals surface area contributed by atoms with Crippen LogP contribution in [0.25, 0.3) is 0 Å². The summed E-state index contributed by atoms with van der Waals surface area (Å²) >= 11 is 6.10. The third-order valence-electron chi connectivity index (χ3n) is 5.52. The summed E-state index contributed by atoms with van der Waals surface area (Å²) in [4.78, 5) is 46.8. The van der Waals surface area contributed by atoms with E-state index in [-0.39, 0.29) is 29.4 Å². The van der Waals surface area contributed by atoms with E-state index in [9.17, 15) is 14.4 Å². The molecule has 9 nitrogen and oxygen atoms in total. The van der Waals surface area contributed by atoms with E-state index in [0.29, 0.717) is 31.0 Å². The molecular formula is C23H30ClN5O4. The molecule has 178 valence electrons. The van der Waals surface area contributed by atoms with E-state index in [4.69, 9.17) is 16.3 Å². The van der Waals surface area contributed by atoms with Crippen molar-refractivity contribution in [3.8, 4) is 0 Å².